The van der Waals surface area contributed by atoms with Crippen LogP contribution in [0.1, 0.15) is 37.6 Å². The topological polar surface area (TPSA) is 42.7 Å². The van der Waals surface area contributed by atoms with E-state index in [1.807, 2.05) is 18.7 Å². The first kappa shape index (κ1) is 12.2. The summed E-state index contributed by atoms with van der Waals surface area (Å²) in [5.74, 6) is 0. The fourth-order valence-corrected chi connectivity index (χ4v) is 2.62. The predicted octanol–water partition coefficient (Wildman–Crippen LogP) is 2.97. The zero-order valence-electron chi connectivity index (χ0n) is 11.4. The Hall–Kier alpha value is -1.84. The summed E-state index contributed by atoms with van der Waals surface area (Å²) in [5.41, 5.74) is 4.81. The van der Waals surface area contributed by atoms with E-state index in [0.29, 0.717) is 0 Å². The van der Waals surface area contributed by atoms with Crippen LogP contribution in [0.25, 0.3) is 5.69 Å². The minimum absolute atomic E-state index is 0.979. The van der Waals surface area contributed by atoms with Gasteiger partial charge in [0.1, 0.15) is 0 Å². The normalized spacial score (nSPS) is 14.2. The van der Waals surface area contributed by atoms with Crippen LogP contribution < -0.4 is 5.32 Å². The molecular weight excluding hydrogens is 236 g/mol. The van der Waals surface area contributed by atoms with E-state index in [4.69, 9.17) is 0 Å². The van der Waals surface area contributed by atoms with Gasteiger partial charge in [0.15, 0.2) is 0 Å². The highest BCUT2D eigenvalue weighted by Crippen LogP contribution is 2.23. The number of nitrogens with zero attached hydrogens (tertiary/aromatic N) is 3. The van der Waals surface area contributed by atoms with Crippen molar-refractivity contribution in [1.29, 1.82) is 0 Å². The summed E-state index contributed by atoms with van der Waals surface area (Å²) in [7, 11) is 0. The van der Waals surface area contributed by atoms with Gasteiger partial charge in [-0.1, -0.05) is 6.92 Å². The van der Waals surface area contributed by atoms with E-state index < -0.39 is 0 Å². The molecule has 1 N–H and O–H groups in total. The van der Waals surface area contributed by atoms with E-state index in [1.54, 1.807) is 0 Å². The lowest BCUT2D eigenvalue weighted by atomic mass is 10.0. The van der Waals surface area contributed by atoms with Gasteiger partial charge in [0, 0.05) is 12.2 Å². The molecule has 2 aromatic rings. The van der Waals surface area contributed by atoms with Crippen LogP contribution >= 0.6 is 0 Å². The van der Waals surface area contributed by atoms with Gasteiger partial charge in [0.25, 0.3) is 0 Å². The van der Waals surface area contributed by atoms with E-state index in [2.05, 4.69) is 32.8 Å². The van der Waals surface area contributed by atoms with Gasteiger partial charge >= 0.3 is 0 Å². The lowest BCUT2D eigenvalue weighted by Crippen LogP contribution is -2.07. The van der Waals surface area contributed by atoms with Gasteiger partial charge in [-0.2, -0.15) is 0 Å². The van der Waals surface area contributed by atoms with Crippen LogP contribution in [0.2, 0.25) is 0 Å². The number of rotatable bonds is 4. The highest BCUT2D eigenvalue weighted by atomic mass is 15.1. The molecular formula is C15H20N4. The Labute approximate surface area is 113 Å². The number of aromatic nitrogens is 3. The van der Waals surface area contributed by atoms with E-state index in [1.165, 1.54) is 24.2 Å². The maximum atomic E-state index is 4.54. The number of nitrogens with one attached hydrogen (secondary N) is 1. The predicted molar refractivity (Wildman–Crippen MR) is 76.8 cm³/mol. The zero-order valence-corrected chi connectivity index (χ0v) is 11.4. The Balaban J connectivity index is 1.91. The van der Waals surface area contributed by atoms with Crippen LogP contribution in [0.15, 0.2) is 24.8 Å². The van der Waals surface area contributed by atoms with Gasteiger partial charge in [0.05, 0.1) is 35.8 Å². The number of anilines is 1. The van der Waals surface area contributed by atoms with Crippen LogP contribution in [0.4, 0.5) is 5.69 Å². The average Bonchev–Trinajstić information content (AvgIpc) is 2.89. The molecule has 4 nitrogen and oxygen atoms in total. The summed E-state index contributed by atoms with van der Waals surface area (Å²) in [6, 6.07) is 2.15. The second-order valence-electron chi connectivity index (χ2n) is 5.07. The number of hydrogen-bond donors (Lipinski definition) is 1. The van der Waals surface area contributed by atoms with Crippen molar-refractivity contribution in [3.8, 4) is 5.69 Å². The molecule has 0 saturated carbocycles. The average molecular weight is 256 g/mol. The molecule has 1 aliphatic rings. The third-order valence-corrected chi connectivity index (χ3v) is 3.61. The van der Waals surface area contributed by atoms with E-state index in [9.17, 15) is 0 Å². The quantitative estimate of drug-likeness (QED) is 0.914. The van der Waals surface area contributed by atoms with Crippen LogP contribution in [0, 0.1) is 0 Å². The van der Waals surface area contributed by atoms with E-state index in [0.717, 1.165) is 37.2 Å². The van der Waals surface area contributed by atoms with Crippen molar-refractivity contribution >= 4 is 5.69 Å². The molecule has 0 unspecified atom stereocenters. The Bertz CT molecular complexity index is 559. The molecule has 0 spiro atoms. The third-order valence-electron chi connectivity index (χ3n) is 3.61. The fraction of sp³-hybridized carbons (Fsp3) is 0.467. The van der Waals surface area contributed by atoms with Gasteiger partial charge in [-0.3, -0.25) is 4.98 Å². The Kier molecular flexibility index (Phi) is 3.49. The molecule has 0 fully saturated rings. The molecule has 100 valence electrons. The fourth-order valence-electron chi connectivity index (χ4n) is 2.62. The second kappa shape index (κ2) is 5.43. The minimum atomic E-state index is 0.979. The number of hydrogen-bond acceptors (Lipinski definition) is 3. The van der Waals surface area contributed by atoms with Crippen molar-refractivity contribution in [3.05, 3.63) is 36.2 Å². The first-order valence-electron chi connectivity index (χ1n) is 7.13. The highest BCUT2D eigenvalue weighted by Gasteiger charge is 2.16. The van der Waals surface area contributed by atoms with Crippen LogP contribution in [0.3, 0.4) is 0 Å². The van der Waals surface area contributed by atoms with Crippen LogP contribution in [-0.4, -0.2) is 21.1 Å². The minimum Gasteiger partial charge on any atom is -0.384 e. The summed E-state index contributed by atoms with van der Waals surface area (Å²) in [4.78, 5) is 8.87. The zero-order chi connectivity index (χ0) is 13.1. The number of pyridine rings is 1. The molecule has 0 amide bonds. The van der Waals surface area contributed by atoms with Crippen LogP contribution in [-0.2, 0) is 12.8 Å². The molecule has 4 heteroatoms. The van der Waals surface area contributed by atoms with E-state index >= 15 is 0 Å². The maximum absolute atomic E-state index is 4.54. The molecule has 19 heavy (non-hydrogen) atoms. The van der Waals surface area contributed by atoms with Gasteiger partial charge in [0.2, 0.25) is 0 Å². The molecule has 3 rings (SSSR count). The van der Waals surface area contributed by atoms with Gasteiger partial charge in [-0.25, -0.2) is 4.98 Å². The lowest BCUT2D eigenvalue weighted by molar-refractivity contribution is 0.656. The number of aryl methyl sites for hydroxylation is 1. The van der Waals surface area contributed by atoms with Crippen molar-refractivity contribution in [3.63, 3.8) is 0 Å². The van der Waals surface area contributed by atoms with Crippen LogP contribution in [0.5, 0.6) is 0 Å². The van der Waals surface area contributed by atoms with Gasteiger partial charge < -0.3 is 9.88 Å². The molecule has 0 atom stereocenters. The Morgan fingerprint density at radius 1 is 1.26 bits per heavy atom. The summed E-state index contributed by atoms with van der Waals surface area (Å²) < 4.78 is 2.19. The summed E-state index contributed by atoms with van der Waals surface area (Å²) in [6.45, 7) is 3.14. The van der Waals surface area contributed by atoms with E-state index in [-0.39, 0.29) is 0 Å². The first-order chi connectivity index (χ1) is 9.38. The molecule has 0 aliphatic heterocycles. The third kappa shape index (κ3) is 2.48. The summed E-state index contributed by atoms with van der Waals surface area (Å²) >= 11 is 0. The van der Waals surface area contributed by atoms with Gasteiger partial charge in [-0.05, 0) is 38.2 Å². The van der Waals surface area contributed by atoms with Crippen molar-refractivity contribution in [2.45, 2.75) is 39.0 Å². The standard InChI is InChI=1S/C15H20N4/c1-2-7-17-12-8-13(10-16-9-12)19-11-18-14-5-3-4-6-15(14)19/h8-11,17H,2-7H2,1H3. The number of fused-ring (bicyclic) bond motifs is 1. The number of imidazole rings is 1. The molecule has 2 aromatic heterocycles. The van der Waals surface area contributed by atoms with Crippen molar-refractivity contribution in [2.75, 3.05) is 11.9 Å². The first-order valence-corrected chi connectivity index (χ1v) is 7.13. The maximum Gasteiger partial charge on any atom is 0.0998 e. The largest absolute Gasteiger partial charge is 0.384 e. The Morgan fingerprint density at radius 2 is 2.16 bits per heavy atom. The summed E-state index contributed by atoms with van der Waals surface area (Å²) in [5, 5.41) is 3.38. The second-order valence-corrected chi connectivity index (χ2v) is 5.07. The molecule has 0 saturated heterocycles. The van der Waals surface area contributed by atoms with Crippen molar-refractivity contribution in [2.24, 2.45) is 0 Å². The molecule has 0 aromatic carbocycles. The molecule has 1 aliphatic carbocycles. The smallest absolute Gasteiger partial charge is 0.0998 e. The van der Waals surface area contributed by atoms with Crippen molar-refractivity contribution < 1.29 is 0 Å². The SMILES string of the molecule is CCCNc1cncc(-n2cnc3c2CCCC3)c1. The highest BCUT2D eigenvalue weighted by molar-refractivity contribution is 5.49. The molecule has 0 radical (unpaired) electrons. The van der Waals surface area contributed by atoms with Gasteiger partial charge in [-0.15, -0.1) is 0 Å². The molecule has 0 bridgehead atoms. The molecule has 2 heterocycles. The summed E-state index contributed by atoms with van der Waals surface area (Å²) in [6.07, 6.45) is 11.6. The van der Waals surface area contributed by atoms with Crippen molar-refractivity contribution in [1.82, 2.24) is 14.5 Å². The monoisotopic (exact) mass is 256 g/mol. The lowest BCUT2D eigenvalue weighted by Gasteiger charge is -2.14. The Morgan fingerprint density at radius 3 is 3.05 bits per heavy atom.